The number of phenolic OH excluding ortho intramolecular Hbond substituents is 1. The molecule has 3 aliphatic heterocycles. The van der Waals surface area contributed by atoms with Gasteiger partial charge in [-0.1, -0.05) is 30.3 Å². The number of hydrogen-bond acceptors (Lipinski definition) is 5. The van der Waals surface area contributed by atoms with Gasteiger partial charge in [0.05, 0.1) is 18.5 Å². The summed E-state index contributed by atoms with van der Waals surface area (Å²) in [5, 5.41) is 14.5. The number of carbonyl (C=O) groups excluding carboxylic acids is 3. The molecule has 176 valence electrons. The van der Waals surface area contributed by atoms with E-state index in [4.69, 9.17) is 4.74 Å². The summed E-state index contributed by atoms with van der Waals surface area (Å²) in [6.45, 7) is 0. The van der Waals surface area contributed by atoms with Crippen molar-refractivity contribution in [2.24, 2.45) is 11.8 Å². The minimum Gasteiger partial charge on any atom is -0.508 e. The molecule has 0 aromatic heterocycles. The Balaban J connectivity index is 1.47. The zero-order valence-electron chi connectivity index (χ0n) is 19.0. The molecule has 4 atom stereocenters. The Morgan fingerprint density at radius 1 is 0.971 bits per heavy atom. The van der Waals surface area contributed by atoms with E-state index in [2.05, 4.69) is 5.32 Å². The molecule has 35 heavy (non-hydrogen) atoms. The number of ether oxygens (including phenoxy) is 1. The van der Waals surface area contributed by atoms with Crippen LogP contribution in [0, 0.1) is 11.8 Å². The molecule has 2 saturated heterocycles. The maximum Gasteiger partial charge on any atom is 0.291 e. The number of nitrogens with two attached hydrogens (primary N) is 1. The van der Waals surface area contributed by atoms with Gasteiger partial charge in [-0.25, -0.2) is 4.90 Å². The number of carbonyl (C=O) groups is 3. The fourth-order valence-electron chi connectivity index (χ4n) is 6.00. The lowest BCUT2D eigenvalue weighted by Crippen LogP contribution is -2.99. The van der Waals surface area contributed by atoms with Crippen LogP contribution in [0.1, 0.15) is 11.1 Å². The Morgan fingerprint density at radius 3 is 2.40 bits per heavy atom. The van der Waals surface area contributed by atoms with E-state index in [1.807, 2.05) is 29.6 Å². The van der Waals surface area contributed by atoms with Crippen LogP contribution < -0.4 is 20.3 Å². The number of anilines is 2. The minimum atomic E-state index is -1.23. The number of hydrogen-bond donors (Lipinski definition) is 3. The van der Waals surface area contributed by atoms with Gasteiger partial charge in [0, 0.05) is 12.0 Å². The van der Waals surface area contributed by atoms with Crippen LogP contribution in [0.2, 0.25) is 0 Å². The van der Waals surface area contributed by atoms with Crippen molar-refractivity contribution < 1.29 is 29.5 Å². The van der Waals surface area contributed by atoms with E-state index >= 15 is 0 Å². The quantitative estimate of drug-likeness (QED) is 0.501. The van der Waals surface area contributed by atoms with Crippen molar-refractivity contribution in [1.29, 1.82) is 0 Å². The van der Waals surface area contributed by atoms with Crippen molar-refractivity contribution >= 4 is 29.1 Å². The van der Waals surface area contributed by atoms with Crippen molar-refractivity contribution in [3.05, 3.63) is 83.9 Å². The van der Waals surface area contributed by atoms with E-state index in [-0.39, 0.29) is 29.5 Å². The molecular weight excluding hydrogens is 446 g/mol. The van der Waals surface area contributed by atoms with Gasteiger partial charge < -0.3 is 20.5 Å². The number of para-hydroxylation sites is 1. The first-order chi connectivity index (χ1) is 16.9. The lowest BCUT2D eigenvalue weighted by Gasteiger charge is -2.26. The van der Waals surface area contributed by atoms with Crippen LogP contribution in [-0.4, -0.2) is 36.0 Å². The average Bonchev–Trinajstić information content (AvgIpc) is 3.45. The minimum absolute atomic E-state index is 0.153. The van der Waals surface area contributed by atoms with Gasteiger partial charge in [-0.15, -0.1) is 0 Å². The van der Waals surface area contributed by atoms with Crippen LogP contribution in [0.4, 0.5) is 11.4 Å². The molecule has 8 nitrogen and oxygen atoms in total. The van der Waals surface area contributed by atoms with Crippen LogP contribution >= 0.6 is 0 Å². The third kappa shape index (κ3) is 2.99. The highest BCUT2D eigenvalue weighted by Crippen LogP contribution is 2.50. The molecule has 6 rings (SSSR count). The van der Waals surface area contributed by atoms with Crippen LogP contribution in [-0.2, 0) is 26.3 Å². The van der Waals surface area contributed by atoms with Crippen molar-refractivity contribution in [3.63, 3.8) is 0 Å². The largest absolute Gasteiger partial charge is 0.508 e. The van der Waals surface area contributed by atoms with Gasteiger partial charge >= 0.3 is 0 Å². The summed E-state index contributed by atoms with van der Waals surface area (Å²) < 4.78 is 5.22. The number of nitrogens with one attached hydrogen (secondary N) is 1. The van der Waals surface area contributed by atoms with Gasteiger partial charge in [0.25, 0.3) is 5.91 Å². The van der Waals surface area contributed by atoms with Crippen molar-refractivity contribution in [2.75, 3.05) is 17.3 Å². The smallest absolute Gasteiger partial charge is 0.291 e. The highest BCUT2D eigenvalue weighted by Gasteiger charge is 2.74. The zero-order valence-corrected chi connectivity index (χ0v) is 19.0. The molecule has 0 unspecified atom stereocenters. The van der Waals surface area contributed by atoms with Crippen molar-refractivity contribution in [2.45, 2.75) is 18.0 Å². The summed E-state index contributed by atoms with van der Waals surface area (Å²) in [5.41, 5.74) is 1.54. The third-order valence-corrected chi connectivity index (χ3v) is 7.51. The Hall–Kier alpha value is -4.17. The molecule has 8 heteroatoms. The first-order valence-electron chi connectivity index (χ1n) is 11.5. The zero-order chi connectivity index (χ0) is 24.3. The normalized spacial score (nSPS) is 26.7. The SMILES string of the molecule is COc1ccc(N2C(=O)[C@H]3[C@@H](Cc4ccc(O)cc4)[NH2+][C@]4(C(=O)Nc5ccccc54)[C@H]3C2=O)cc1. The van der Waals surface area contributed by atoms with E-state index in [1.54, 1.807) is 55.6 Å². The predicted octanol–water partition coefficient (Wildman–Crippen LogP) is 1.54. The Labute approximate surface area is 201 Å². The van der Waals surface area contributed by atoms with Crippen LogP contribution in [0.5, 0.6) is 11.5 Å². The van der Waals surface area contributed by atoms with Gasteiger partial charge in [0.2, 0.25) is 17.4 Å². The number of nitrogens with zero attached hydrogens (tertiary/aromatic N) is 1. The van der Waals surface area contributed by atoms with Crippen LogP contribution in [0.3, 0.4) is 0 Å². The molecule has 0 radical (unpaired) electrons. The number of benzene rings is 3. The van der Waals surface area contributed by atoms with E-state index in [0.717, 1.165) is 11.1 Å². The second kappa shape index (κ2) is 7.68. The summed E-state index contributed by atoms with van der Waals surface area (Å²) in [4.78, 5) is 42.6. The first kappa shape index (κ1) is 21.4. The second-order valence-electron chi connectivity index (χ2n) is 9.28. The summed E-state index contributed by atoms with van der Waals surface area (Å²) in [6.07, 6.45) is 0.466. The third-order valence-electron chi connectivity index (χ3n) is 7.51. The molecule has 3 amide bonds. The highest BCUT2D eigenvalue weighted by atomic mass is 16.5. The van der Waals surface area contributed by atoms with Crippen LogP contribution in [0.15, 0.2) is 72.8 Å². The van der Waals surface area contributed by atoms with E-state index in [9.17, 15) is 19.5 Å². The molecule has 0 bridgehead atoms. The lowest BCUT2D eigenvalue weighted by atomic mass is 9.76. The Morgan fingerprint density at radius 2 is 1.69 bits per heavy atom. The standard InChI is InChI=1S/C27H23N3O5/c1-35-18-12-8-16(9-13-18)30-24(32)22-21(14-15-6-10-17(31)11-7-15)29-27(23(22)25(30)33)19-4-2-3-5-20(19)28-26(27)34/h2-13,21-23,29,31H,14H2,1H3,(H,28,34)/p+1/t21-,22+,23-,27+/m1/s1. The van der Waals surface area contributed by atoms with Crippen molar-refractivity contribution in [3.8, 4) is 11.5 Å². The highest BCUT2D eigenvalue weighted by molar-refractivity contribution is 6.25. The number of aromatic hydroxyl groups is 1. The summed E-state index contributed by atoms with van der Waals surface area (Å²) in [7, 11) is 1.55. The van der Waals surface area contributed by atoms with Crippen LogP contribution in [0.25, 0.3) is 0 Å². The van der Waals surface area contributed by atoms with E-state index in [1.165, 1.54) is 4.90 Å². The number of imide groups is 1. The summed E-state index contributed by atoms with van der Waals surface area (Å²) in [5.74, 6) is -1.72. The number of methoxy groups -OCH3 is 1. The first-order valence-corrected chi connectivity index (χ1v) is 11.5. The molecular formula is C27H24N3O5+. The average molecular weight is 471 g/mol. The molecule has 3 aliphatic rings. The topological polar surface area (TPSA) is 113 Å². The van der Waals surface area contributed by atoms with Gasteiger partial charge in [-0.2, -0.15) is 0 Å². The maximum absolute atomic E-state index is 14.0. The fraction of sp³-hybridized carbons (Fsp3) is 0.222. The molecule has 0 aliphatic carbocycles. The van der Waals surface area contributed by atoms with Gasteiger partial charge in [-0.05, 0) is 48.0 Å². The molecule has 1 spiro atoms. The lowest BCUT2D eigenvalue weighted by molar-refractivity contribution is -0.733. The number of quaternary nitrogens is 1. The van der Waals surface area contributed by atoms with Gasteiger partial charge in [0.1, 0.15) is 29.4 Å². The molecule has 2 fully saturated rings. The molecule has 3 aromatic rings. The molecule has 0 saturated carbocycles. The Kier molecular flexibility index (Phi) is 4.69. The monoisotopic (exact) mass is 470 g/mol. The maximum atomic E-state index is 14.0. The Bertz CT molecular complexity index is 1350. The van der Waals surface area contributed by atoms with Gasteiger partial charge in [0.15, 0.2) is 0 Å². The van der Waals surface area contributed by atoms with Crippen molar-refractivity contribution in [1.82, 2.24) is 0 Å². The van der Waals surface area contributed by atoms with Gasteiger partial charge in [-0.3, -0.25) is 14.4 Å². The predicted molar refractivity (Wildman–Crippen MR) is 127 cm³/mol. The number of amides is 3. The fourth-order valence-corrected chi connectivity index (χ4v) is 6.00. The molecule has 3 aromatic carbocycles. The van der Waals surface area contributed by atoms with E-state index < -0.39 is 17.4 Å². The number of phenols is 1. The number of rotatable bonds is 4. The second-order valence-corrected chi connectivity index (χ2v) is 9.28. The summed E-state index contributed by atoms with van der Waals surface area (Å²) in [6, 6.07) is 20.6. The van der Waals surface area contributed by atoms with E-state index in [0.29, 0.717) is 23.5 Å². The number of fused-ring (bicyclic) bond motifs is 4. The summed E-state index contributed by atoms with van der Waals surface area (Å²) >= 11 is 0. The molecule has 3 heterocycles. The molecule has 4 N–H and O–H groups in total.